The minimum atomic E-state index is -4.33. The Balaban J connectivity index is 2.48. The lowest BCUT2D eigenvalue weighted by Crippen LogP contribution is -2.40. The summed E-state index contributed by atoms with van der Waals surface area (Å²) < 4.78 is 37.4. The van der Waals surface area contributed by atoms with Gasteiger partial charge in [-0.25, -0.2) is 0 Å². The molecule has 0 fully saturated rings. The van der Waals surface area contributed by atoms with Gasteiger partial charge in [-0.1, -0.05) is 6.07 Å². The first kappa shape index (κ1) is 11.4. The van der Waals surface area contributed by atoms with Crippen molar-refractivity contribution in [2.75, 3.05) is 6.54 Å². The molecule has 1 heterocycles. The number of hydrogen-bond donors (Lipinski definition) is 2. The highest BCUT2D eigenvalue weighted by Crippen LogP contribution is 2.34. The average Bonchev–Trinajstić information content (AvgIpc) is 2.15. The molecule has 0 saturated heterocycles. The molecule has 5 heteroatoms. The van der Waals surface area contributed by atoms with E-state index in [1.807, 2.05) is 0 Å². The van der Waals surface area contributed by atoms with Gasteiger partial charge in [0.1, 0.15) is 0 Å². The van der Waals surface area contributed by atoms with E-state index in [2.05, 4.69) is 5.32 Å². The lowest BCUT2D eigenvalue weighted by Gasteiger charge is -2.32. The van der Waals surface area contributed by atoms with Gasteiger partial charge in [0.25, 0.3) is 0 Å². The molecule has 88 valence electrons. The van der Waals surface area contributed by atoms with Crippen molar-refractivity contribution < 1.29 is 18.3 Å². The first-order valence-corrected chi connectivity index (χ1v) is 4.94. The molecular formula is C11H12F3NO. The van der Waals surface area contributed by atoms with Crippen LogP contribution >= 0.6 is 0 Å². The number of hydrogen-bond acceptors (Lipinski definition) is 2. The molecule has 16 heavy (non-hydrogen) atoms. The molecule has 0 saturated carbocycles. The fourth-order valence-electron chi connectivity index (χ4n) is 1.98. The molecule has 1 atom stereocenters. The summed E-state index contributed by atoms with van der Waals surface area (Å²) in [5.41, 5.74) is -0.700. The van der Waals surface area contributed by atoms with Crippen LogP contribution in [0.3, 0.4) is 0 Å². The molecule has 2 nitrogen and oxygen atoms in total. The SMILES string of the molecule is C[C@]1(O)CNCc2cc(C(F)(F)F)ccc21. The van der Waals surface area contributed by atoms with Crippen molar-refractivity contribution in [2.24, 2.45) is 0 Å². The normalized spacial score (nSPS) is 25.3. The molecule has 0 unspecified atom stereocenters. The molecule has 1 aliphatic rings. The average molecular weight is 231 g/mol. The Morgan fingerprint density at radius 1 is 1.38 bits per heavy atom. The summed E-state index contributed by atoms with van der Waals surface area (Å²) in [4.78, 5) is 0. The van der Waals surface area contributed by atoms with E-state index in [9.17, 15) is 18.3 Å². The second-order valence-electron chi connectivity index (χ2n) is 4.25. The highest BCUT2D eigenvalue weighted by atomic mass is 19.4. The predicted molar refractivity (Wildman–Crippen MR) is 52.7 cm³/mol. The summed E-state index contributed by atoms with van der Waals surface area (Å²) in [5, 5.41) is 12.9. The third-order valence-electron chi connectivity index (χ3n) is 2.80. The zero-order chi connectivity index (χ0) is 12.0. The Bertz CT molecular complexity index is 412. The van der Waals surface area contributed by atoms with Crippen LogP contribution in [0.25, 0.3) is 0 Å². The molecule has 0 radical (unpaired) electrons. The maximum Gasteiger partial charge on any atom is 0.416 e. The second kappa shape index (κ2) is 3.46. The molecule has 0 aromatic heterocycles. The highest BCUT2D eigenvalue weighted by molar-refractivity contribution is 5.38. The van der Waals surface area contributed by atoms with Gasteiger partial charge in [0, 0.05) is 13.1 Å². The van der Waals surface area contributed by atoms with E-state index < -0.39 is 17.3 Å². The highest BCUT2D eigenvalue weighted by Gasteiger charge is 2.34. The Kier molecular flexibility index (Phi) is 2.47. The smallest absolute Gasteiger partial charge is 0.384 e. The van der Waals surface area contributed by atoms with Crippen molar-refractivity contribution in [3.8, 4) is 0 Å². The number of benzene rings is 1. The molecule has 1 aromatic carbocycles. The lowest BCUT2D eigenvalue weighted by atomic mass is 9.87. The van der Waals surface area contributed by atoms with Gasteiger partial charge in [-0.2, -0.15) is 13.2 Å². The van der Waals surface area contributed by atoms with E-state index in [0.29, 0.717) is 24.2 Å². The molecule has 0 bridgehead atoms. The summed E-state index contributed by atoms with van der Waals surface area (Å²) in [6.45, 7) is 2.30. The largest absolute Gasteiger partial charge is 0.416 e. The molecule has 2 rings (SSSR count). The van der Waals surface area contributed by atoms with Crippen LogP contribution < -0.4 is 5.32 Å². The van der Waals surface area contributed by atoms with Crippen molar-refractivity contribution in [1.82, 2.24) is 5.32 Å². The second-order valence-corrected chi connectivity index (χ2v) is 4.25. The van der Waals surface area contributed by atoms with Crippen molar-refractivity contribution in [1.29, 1.82) is 0 Å². The van der Waals surface area contributed by atoms with Gasteiger partial charge >= 0.3 is 6.18 Å². The third kappa shape index (κ3) is 1.92. The van der Waals surface area contributed by atoms with Crippen LogP contribution in [0.5, 0.6) is 0 Å². The van der Waals surface area contributed by atoms with Gasteiger partial charge in [0.15, 0.2) is 0 Å². The number of aliphatic hydroxyl groups is 1. The topological polar surface area (TPSA) is 32.3 Å². The number of nitrogens with one attached hydrogen (secondary N) is 1. The van der Waals surface area contributed by atoms with E-state index in [0.717, 1.165) is 12.1 Å². The number of β-amino-alcohol motifs (C(OH)–C–C–N with tert-alkyl or cyclic N) is 1. The number of halogens is 3. The Morgan fingerprint density at radius 2 is 2.06 bits per heavy atom. The first-order valence-electron chi connectivity index (χ1n) is 4.94. The monoisotopic (exact) mass is 231 g/mol. The summed E-state index contributed by atoms with van der Waals surface area (Å²) >= 11 is 0. The van der Waals surface area contributed by atoms with Gasteiger partial charge in [-0.05, 0) is 30.2 Å². The van der Waals surface area contributed by atoms with E-state index in [1.54, 1.807) is 6.92 Å². The van der Waals surface area contributed by atoms with Crippen molar-refractivity contribution >= 4 is 0 Å². The van der Waals surface area contributed by atoms with Gasteiger partial charge in [-0.15, -0.1) is 0 Å². The summed E-state index contributed by atoms with van der Waals surface area (Å²) in [6, 6.07) is 3.47. The molecule has 0 amide bonds. The van der Waals surface area contributed by atoms with Gasteiger partial charge in [-0.3, -0.25) is 0 Å². The van der Waals surface area contributed by atoms with Gasteiger partial charge < -0.3 is 10.4 Å². The fourth-order valence-corrected chi connectivity index (χ4v) is 1.98. The van der Waals surface area contributed by atoms with E-state index in [1.165, 1.54) is 6.07 Å². The minimum absolute atomic E-state index is 0.353. The Labute approximate surface area is 91.1 Å². The Hall–Kier alpha value is -1.07. The zero-order valence-electron chi connectivity index (χ0n) is 8.73. The van der Waals surface area contributed by atoms with E-state index in [4.69, 9.17) is 0 Å². The lowest BCUT2D eigenvalue weighted by molar-refractivity contribution is -0.137. The first-order chi connectivity index (χ1) is 7.31. The van der Waals surface area contributed by atoms with Crippen LogP contribution in [-0.2, 0) is 18.3 Å². The maximum atomic E-state index is 12.5. The Morgan fingerprint density at radius 3 is 2.69 bits per heavy atom. The number of fused-ring (bicyclic) bond motifs is 1. The zero-order valence-corrected chi connectivity index (χ0v) is 8.73. The van der Waals surface area contributed by atoms with Crippen molar-refractivity contribution in [3.63, 3.8) is 0 Å². The number of alkyl halides is 3. The van der Waals surface area contributed by atoms with Crippen LogP contribution in [0.4, 0.5) is 13.2 Å². The summed E-state index contributed by atoms with van der Waals surface area (Å²) in [7, 11) is 0. The van der Waals surface area contributed by atoms with E-state index >= 15 is 0 Å². The standard InChI is InChI=1S/C11H12F3NO/c1-10(16)6-15-5-7-4-8(11(12,13)14)2-3-9(7)10/h2-4,15-16H,5-6H2,1H3/t10-/m0/s1. The molecule has 1 aliphatic heterocycles. The molecule has 2 N–H and O–H groups in total. The van der Waals surface area contributed by atoms with Gasteiger partial charge in [0.2, 0.25) is 0 Å². The summed E-state index contributed by atoms with van der Waals surface area (Å²) in [6.07, 6.45) is -4.33. The van der Waals surface area contributed by atoms with Crippen LogP contribution in [0, 0.1) is 0 Å². The van der Waals surface area contributed by atoms with Crippen LogP contribution in [-0.4, -0.2) is 11.7 Å². The van der Waals surface area contributed by atoms with Crippen LogP contribution in [0.1, 0.15) is 23.6 Å². The van der Waals surface area contributed by atoms with Crippen LogP contribution in [0.15, 0.2) is 18.2 Å². The predicted octanol–water partition coefficient (Wildman–Crippen LogP) is 2.02. The van der Waals surface area contributed by atoms with Crippen LogP contribution in [0.2, 0.25) is 0 Å². The van der Waals surface area contributed by atoms with E-state index in [-0.39, 0.29) is 0 Å². The minimum Gasteiger partial charge on any atom is -0.384 e. The third-order valence-corrected chi connectivity index (χ3v) is 2.80. The fraction of sp³-hybridized carbons (Fsp3) is 0.455. The molecule has 1 aromatic rings. The molecular weight excluding hydrogens is 219 g/mol. The summed E-state index contributed by atoms with van der Waals surface area (Å²) in [5.74, 6) is 0. The maximum absolute atomic E-state index is 12.5. The van der Waals surface area contributed by atoms with Gasteiger partial charge in [0.05, 0.1) is 11.2 Å². The number of rotatable bonds is 0. The van der Waals surface area contributed by atoms with Crippen molar-refractivity contribution in [2.45, 2.75) is 25.2 Å². The molecule has 0 spiro atoms. The van der Waals surface area contributed by atoms with Crippen molar-refractivity contribution in [3.05, 3.63) is 34.9 Å². The quantitative estimate of drug-likeness (QED) is 0.716. The molecule has 0 aliphatic carbocycles.